The molecule has 1 unspecified atom stereocenters. The molecule has 3 rings (SSSR count). The topological polar surface area (TPSA) is 78.8 Å². The maximum Gasteiger partial charge on any atom is 0.323 e. The summed E-state index contributed by atoms with van der Waals surface area (Å²) >= 11 is 0. The van der Waals surface area contributed by atoms with E-state index in [-0.39, 0.29) is 12.1 Å². The van der Waals surface area contributed by atoms with Crippen LogP contribution in [0.5, 0.6) is 0 Å². The molecule has 0 bridgehead atoms. The van der Waals surface area contributed by atoms with Crippen LogP contribution in [0.2, 0.25) is 0 Å². The fraction of sp³-hybridized carbons (Fsp3) is 0.588. The van der Waals surface area contributed by atoms with Crippen LogP contribution in [0.4, 0.5) is 10.6 Å². The van der Waals surface area contributed by atoms with Crippen molar-refractivity contribution in [3.05, 3.63) is 28.7 Å². The first kappa shape index (κ1) is 16.5. The third kappa shape index (κ3) is 3.02. The number of fused-ring (bicyclic) bond motifs is 1. The van der Waals surface area contributed by atoms with Gasteiger partial charge in [0.2, 0.25) is 0 Å². The lowest BCUT2D eigenvalue weighted by molar-refractivity contribution is 0.205. The van der Waals surface area contributed by atoms with Crippen molar-refractivity contribution in [1.29, 1.82) is 0 Å². The minimum absolute atomic E-state index is 0.0756. The van der Waals surface area contributed by atoms with Gasteiger partial charge in [-0.3, -0.25) is 10.4 Å². The van der Waals surface area contributed by atoms with E-state index in [4.69, 9.17) is 0 Å². The number of carbonyl (C=O) groups excluding carboxylic acids is 1. The van der Waals surface area contributed by atoms with Crippen molar-refractivity contribution in [2.75, 3.05) is 11.9 Å². The highest BCUT2D eigenvalue weighted by Gasteiger charge is 2.25. The molecule has 2 aromatic rings. The van der Waals surface area contributed by atoms with Gasteiger partial charge in [-0.05, 0) is 26.7 Å². The molecule has 1 atom stereocenters. The van der Waals surface area contributed by atoms with Crippen LogP contribution in [0, 0.1) is 6.92 Å². The van der Waals surface area contributed by atoms with Crippen molar-refractivity contribution >= 4 is 11.8 Å². The maximum atomic E-state index is 12.7. The summed E-state index contributed by atoms with van der Waals surface area (Å²) in [6, 6.07) is 2.10. The Hall–Kier alpha value is -2.31. The first-order valence-electron chi connectivity index (χ1n) is 8.70. The van der Waals surface area contributed by atoms with Gasteiger partial charge in [0.15, 0.2) is 0 Å². The van der Waals surface area contributed by atoms with Gasteiger partial charge in [-0.1, -0.05) is 13.8 Å². The van der Waals surface area contributed by atoms with Crippen LogP contribution in [0.15, 0.2) is 6.07 Å². The molecule has 0 radical (unpaired) electrons. The Morgan fingerprint density at radius 2 is 2.25 bits per heavy atom. The molecule has 0 saturated heterocycles. The predicted octanol–water partition coefficient (Wildman–Crippen LogP) is 3.04. The molecule has 0 saturated carbocycles. The number of urea groups is 1. The molecule has 2 amide bonds. The molecule has 7 heteroatoms. The van der Waals surface area contributed by atoms with Gasteiger partial charge in [0, 0.05) is 30.3 Å². The van der Waals surface area contributed by atoms with E-state index in [0.29, 0.717) is 13.1 Å². The summed E-state index contributed by atoms with van der Waals surface area (Å²) in [5.41, 5.74) is 4.31. The highest BCUT2D eigenvalue weighted by molar-refractivity contribution is 5.88. The second-order valence-electron chi connectivity index (χ2n) is 6.46. The first-order valence-corrected chi connectivity index (χ1v) is 8.70. The standard InChI is InChI=1S/C17H26N6O/c1-5-12(4)23-16(9-11(3)21-23)18-17(24)22-8-7-15-13(10-22)14(6-2)19-20-15/h9,12H,5-8,10H2,1-4H3,(H,18,24)(H,19,20). The fourth-order valence-electron chi connectivity index (χ4n) is 3.13. The number of anilines is 1. The van der Waals surface area contributed by atoms with Crippen LogP contribution in [-0.4, -0.2) is 37.5 Å². The molecule has 0 aliphatic carbocycles. The molecule has 0 aromatic carbocycles. The molecule has 0 spiro atoms. The Kier molecular flexibility index (Phi) is 4.59. The van der Waals surface area contributed by atoms with Crippen molar-refractivity contribution in [3.8, 4) is 0 Å². The van der Waals surface area contributed by atoms with E-state index in [9.17, 15) is 4.79 Å². The van der Waals surface area contributed by atoms with E-state index < -0.39 is 0 Å². The zero-order valence-electron chi connectivity index (χ0n) is 14.9. The molecule has 2 aromatic heterocycles. The molecule has 2 N–H and O–H groups in total. The number of hydrogen-bond donors (Lipinski definition) is 2. The van der Waals surface area contributed by atoms with Crippen LogP contribution < -0.4 is 5.32 Å². The van der Waals surface area contributed by atoms with Gasteiger partial charge in [-0.25, -0.2) is 9.48 Å². The van der Waals surface area contributed by atoms with E-state index in [0.717, 1.165) is 42.2 Å². The zero-order valence-corrected chi connectivity index (χ0v) is 14.9. The van der Waals surface area contributed by atoms with Gasteiger partial charge in [-0.2, -0.15) is 10.2 Å². The highest BCUT2D eigenvalue weighted by atomic mass is 16.2. The second-order valence-corrected chi connectivity index (χ2v) is 6.46. The van der Waals surface area contributed by atoms with Crippen molar-refractivity contribution < 1.29 is 4.79 Å². The zero-order chi connectivity index (χ0) is 17.3. The normalized spacial score (nSPS) is 15.2. The molecule has 24 heavy (non-hydrogen) atoms. The number of amides is 2. The highest BCUT2D eigenvalue weighted by Crippen LogP contribution is 2.23. The number of aromatic amines is 1. The summed E-state index contributed by atoms with van der Waals surface area (Å²) < 4.78 is 1.90. The van der Waals surface area contributed by atoms with Gasteiger partial charge in [0.05, 0.1) is 24.0 Å². The van der Waals surface area contributed by atoms with Gasteiger partial charge in [-0.15, -0.1) is 0 Å². The number of hydrogen-bond acceptors (Lipinski definition) is 3. The predicted molar refractivity (Wildman–Crippen MR) is 93.1 cm³/mol. The summed E-state index contributed by atoms with van der Waals surface area (Å²) in [7, 11) is 0. The SMILES string of the molecule is CCc1n[nH]c2c1CN(C(=O)Nc1cc(C)nn1C(C)CC)CC2. The van der Waals surface area contributed by atoms with Gasteiger partial charge >= 0.3 is 6.03 Å². The molecule has 1 aliphatic rings. The fourth-order valence-corrected chi connectivity index (χ4v) is 3.13. The molecule has 3 heterocycles. The van der Waals surface area contributed by atoms with Crippen LogP contribution >= 0.6 is 0 Å². The van der Waals surface area contributed by atoms with E-state index in [2.05, 4.69) is 41.4 Å². The number of nitrogens with one attached hydrogen (secondary N) is 2. The molecule has 0 fully saturated rings. The first-order chi connectivity index (χ1) is 11.5. The summed E-state index contributed by atoms with van der Waals surface area (Å²) in [6.07, 6.45) is 2.66. The van der Waals surface area contributed by atoms with Crippen molar-refractivity contribution in [2.24, 2.45) is 0 Å². The second kappa shape index (κ2) is 6.67. The molecule has 130 valence electrons. The van der Waals surface area contributed by atoms with Crippen molar-refractivity contribution in [2.45, 2.75) is 59.5 Å². The Bertz CT molecular complexity index is 718. The third-order valence-corrected chi connectivity index (χ3v) is 4.74. The van der Waals surface area contributed by atoms with Crippen LogP contribution in [0.25, 0.3) is 0 Å². The Morgan fingerprint density at radius 1 is 1.46 bits per heavy atom. The smallest absolute Gasteiger partial charge is 0.320 e. The third-order valence-electron chi connectivity index (χ3n) is 4.74. The minimum Gasteiger partial charge on any atom is -0.320 e. The largest absolute Gasteiger partial charge is 0.323 e. The van der Waals surface area contributed by atoms with Crippen LogP contribution in [0.1, 0.15) is 55.9 Å². The summed E-state index contributed by atoms with van der Waals surface area (Å²) in [5.74, 6) is 0.764. The van der Waals surface area contributed by atoms with Gasteiger partial charge < -0.3 is 4.90 Å². The summed E-state index contributed by atoms with van der Waals surface area (Å²) in [6.45, 7) is 9.56. The maximum absolute atomic E-state index is 12.7. The van der Waals surface area contributed by atoms with E-state index in [1.165, 1.54) is 5.56 Å². The average molecular weight is 330 g/mol. The van der Waals surface area contributed by atoms with Crippen molar-refractivity contribution in [3.63, 3.8) is 0 Å². The molecule has 7 nitrogen and oxygen atoms in total. The lowest BCUT2D eigenvalue weighted by Gasteiger charge is -2.27. The minimum atomic E-state index is -0.0756. The Morgan fingerprint density at radius 3 is 2.96 bits per heavy atom. The molecular formula is C17H26N6O. The lowest BCUT2D eigenvalue weighted by Crippen LogP contribution is -2.39. The molecule has 1 aliphatic heterocycles. The summed E-state index contributed by atoms with van der Waals surface area (Å²) in [4.78, 5) is 14.6. The Labute approximate surface area is 142 Å². The number of aryl methyl sites for hydroxylation is 2. The molecular weight excluding hydrogens is 304 g/mol. The van der Waals surface area contributed by atoms with Gasteiger partial charge in [0.25, 0.3) is 0 Å². The number of carbonyl (C=O) groups is 1. The van der Waals surface area contributed by atoms with Crippen LogP contribution in [0.3, 0.4) is 0 Å². The lowest BCUT2D eigenvalue weighted by atomic mass is 10.0. The number of rotatable bonds is 4. The average Bonchev–Trinajstić information content (AvgIpc) is 3.16. The summed E-state index contributed by atoms with van der Waals surface area (Å²) in [5, 5.41) is 15.0. The van der Waals surface area contributed by atoms with E-state index in [1.54, 1.807) is 0 Å². The van der Waals surface area contributed by atoms with Crippen LogP contribution in [-0.2, 0) is 19.4 Å². The van der Waals surface area contributed by atoms with Gasteiger partial charge in [0.1, 0.15) is 5.82 Å². The van der Waals surface area contributed by atoms with E-state index in [1.807, 2.05) is 22.6 Å². The quantitative estimate of drug-likeness (QED) is 0.904. The van der Waals surface area contributed by atoms with E-state index >= 15 is 0 Å². The number of nitrogens with zero attached hydrogens (tertiary/aromatic N) is 4. The Balaban J connectivity index is 1.75. The monoisotopic (exact) mass is 330 g/mol. The number of aromatic nitrogens is 4. The van der Waals surface area contributed by atoms with Crippen molar-refractivity contribution in [1.82, 2.24) is 24.9 Å². The number of H-pyrrole nitrogens is 1.